The van der Waals surface area contributed by atoms with Crippen LogP contribution in [0.3, 0.4) is 0 Å². The minimum atomic E-state index is -0.261. The molecule has 2 aromatic rings. The number of carbonyl (C=O) groups excluding carboxylic acids is 1. The van der Waals surface area contributed by atoms with Gasteiger partial charge in [-0.25, -0.2) is 0 Å². The number of rotatable bonds is 4. The average Bonchev–Trinajstić information content (AvgIpc) is 2.92. The molecule has 0 radical (unpaired) electrons. The molecule has 1 spiro atoms. The molecule has 2 aliphatic rings. The summed E-state index contributed by atoms with van der Waals surface area (Å²) in [5.74, 6) is -0.179. The van der Waals surface area contributed by atoms with Gasteiger partial charge in [-0.3, -0.25) is 15.0 Å². The lowest BCUT2D eigenvalue weighted by molar-refractivity contribution is -0.144. The van der Waals surface area contributed by atoms with Gasteiger partial charge in [0.05, 0.1) is 13.2 Å². The fourth-order valence-electron chi connectivity index (χ4n) is 4.35. The zero-order chi connectivity index (χ0) is 18.7. The lowest BCUT2D eigenvalue weighted by Gasteiger charge is -2.54. The summed E-state index contributed by atoms with van der Waals surface area (Å²) in [6.07, 6.45) is 5.92. The van der Waals surface area contributed by atoms with E-state index >= 15 is 0 Å². The molecule has 0 saturated carbocycles. The fraction of sp³-hybridized carbons (Fsp3) is 0.348. The number of carbonyl (C=O) groups is 1. The van der Waals surface area contributed by atoms with Gasteiger partial charge in [0.1, 0.15) is 6.04 Å². The molecule has 0 amide bonds. The number of esters is 1. The number of nitrogens with one attached hydrogen (secondary N) is 1. The minimum Gasteiger partial charge on any atom is -0.468 e. The van der Waals surface area contributed by atoms with Gasteiger partial charge in [-0.2, -0.15) is 0 Å². The molecule has 4 heteroatoms. The van der Waals surface area contributed by atoms with Crippen molar-refractivity contribution in [3.63, 3.8) is 0 Å². The van der Waals surface area contributed by atoms with Crippen molar-refractivity contribution in [1.29, 1.82) is 0 Å². The summed E-state index contributed by atoms with van der Waals surface area (Å²) in [7, 11) is 1.46. The van der Waals surface area contributed by atoms with E-state index in [1.54, 1.807) is 0 Å². The van der Waals surface area contributed by atoms with Crippen LogP contribution in [0.1, 0.15) is 30.0 Å². The number of likely N-dealkylation sites (tertiary alicyclic amines) is 1. The summed E-state index contributed by atoms with van der Waals surface area (Å²) in [5.41, 5.74) is 2.53. The van der Waals surface area contributed by atoms with Gasteiger partial charge in [-0.05, 0) is 24.0 Å². The summed E-state index contributed by atoms with van der Waals surface area (Å²) in [6, 6.07) is 21.2. The summed E-state index contributed by atoms with van der Waals surface area (Å²) in [6.45, 7) is 1.80. The average molecular weight is 362 g/mol. The molecular formula is C23H26N2O2. The Morgan fingerprint density at radius 2 is 1.63 bits per heavy atom. The van der Waals surface area contributed by atoms with Crippen LogP contribution in [0.2, 0.25) is 0 Å². The summed E-state index contributed by atoms with van der Waals surface area (Å²) < 4.78 is 4.97. The molecular weight excluding hydrogens is 336 g/mol. The van der Waals surface area contributed by atoms with E-state index in [9.17, 15) is 4.79 Å². The fourth-order valence-corrected chi connectivity index (χ4v) is 4.35. The second-order valence-electron chi connectivity index (χ2n) is 7.54. The molecule has 140 valence electrons. The minimum absolute atomic E-state index is 0.0618. The highest BCUT2D eigenvalue weighted by atomic mass is 16.5. The SMILES string of the molecule is COC(=O)C1CC=CCC2(CN(C(c3ccccc3)c3ccccc3)C2)N1. The maximum atomic E-state index is 12.1. The van der Waals surface area contributed by atoms with E-state index in [1.165, 1.54) is 18.2 Å². The van der Waals surface area contributed by atoms with E-state index in [-0.39, 0.29) is 23.6 Å². The van der Waals surface area contributed by atoms with Crippen LogP contribution in [0.15, 0.2) is 72.8 Å². The predicted octanol–water partition coefficient (Wildman–Crippen LogP) is 3.31. The smallest absolute Gasteiger partial charge is 0.323 e. The lowest BCUT2D eigenvalue weighted by atomic mass is 9.82. The zero-order valence-corrected chi connectivity index (χ0v) is 15.7. The van der Waals surface area contributed by atoms with Crippen molar-refractivity contribution < 1.29 is 9.53 Å². The first-order valence-corrected chi connectivity index (χ1v) is 9.55. The van der Waals surface area contributed by atoms with Gasteiger partial charge in [0, 0.05) is 18.6 Å². The Morgan fingerprint density at radius 1 is 1.04 bits per heavy atom. The van der Waals surface area contributed by atoms with Crippen LogP contribution in [0.5, 0.6) is 0 Å². The van der Waals surface area contributed by atoms with E-state index in [1.807, 2.05) is 0 Å². The van der Waals surface area contributed by atoms with Crippen molar-refractivity contribution in [1.82, 2.24) is 10.2 Å². The Balaban J connectivity index is 1.56. The largest absolute Gasteiger partial charge is 0.468 e. The summed E-state index contributed by atoms with van der Waals surface area (Å²) in [5, 5.41) is 3.59. The molecule has 1 N–H and O–H groups in total. The highest BCUT2D eigenvalue weighted by molar-refractivity contribution is 5.76. The molecule has 2 aliphatic heterocycles. The van der Waals surface area contributed by atoms with Crippen molar-refractivity contribution >= 4 is 5.97 Å². The van der Waals surface area contributed by atoms with Gasteiger partial charge < -0.3 is 4.74 Å². The normalized spacial score (nSPS) is 21.6. The van der Waals surface area contributed by atoms with Gasteiger partial charge in [-0.1, -0.05) is 72.8 Å². The first-order valence-electron chi connectivity index (χ1n) is 9.55. The maximum Gasteiger partial charge on any atom is 0.323 e. The predicted molar refractivity (Wildman–Crippen MR) is 106 cm³/mol. The summed E-state index contributed by atoms with van der Waals surface area (Å²) in [4.78, 5) is 14.6. The van der Waals surface area contributed by atoms with E-state index in [4.69, 9.17) is 4.74 Å². The van der Waals surface area contributed by atoms with Crippen LogP contribution in [-0.4, -0.2) is 42.6 Å². The Bertz CT molecular complexity index is 758. The molecule has 1 fully saturated rings. The second kappa shape index (κ2) is 7.67. The summed E-state index contributed by atoms with van der Waals surface area (Å²) >= 11 is 0. The third kappa shape index (κ3) is 3.68. The van der Waals surface area contributed by atoms with Crippen molar-refractivity contribution in [3.8, 4) is 0 Å². The standard InChI is InChI=1S/C23H26N2O2/c1-27-22(26)20-14-8-9-15-23(24-20)16-25(17-23)21(18-10-4-2-5-11-18)19-12-6-3-7-13-19/h2-13,20-21,24H,14-17H2,1H3. The van der Waals surface area contributed by atoms with Crippen LogP contribution < -0.4 is 5.32 Å². The highest BCUT2D eigenvalue weighted by Crippen LogP contribution is 2.38. The highest BCUT2D eigenvalue weighted by Gasteiger charge is 2.47. The number of methoxy groups -OCH3 is 1. The Labute approximate surface area is 160 Å². The number of benzene rings is 2. The quantitative estimate of drug-likeness (QED) is 0.669. The number of hydrogen-bond donors (Lipinski definition) is 1. The van der Waals surface area contributed by atoms with Gasteiger partial charge in [-0.15, -0.1) is 0 Å². The molecule has 4 rings (SSSR count). The monoisotopic (exact) mass is 362 g/mol. The lowest BCUT2D eigenvalue weighted by Crippen LogP contribution is -2.71. The molecule has 2 heterocycles. The number of ether oxygens (including phenoxy) is 1. The zero-order valence-electron chi connectivity index (χ0n) is 15.7. The first kappa shape index (κ1) is 18.0. The van der Waals surface area contributed by atoms with Gasteiger partial charge >= 0.3 is 5.97 Å². The maximum absolute atomic E-state index is 12.1. The number of hydrogen-bond acceptors (Lipinski definition) is 4. The van der Waals surface area contributed by atoms with Crippen LogP contribution in [0.25, 0.3) is 0 Å². The topological polar surface area (TPSA) is 41.6 Å². The van der Waals surface area contributed by atoms with Crippen molar-refractivity contribution in [2.75, 3.05) is 20.2 Å². The molecule has 1 atom stereocenters. The Morgan fingerprint density at radius 3 is 2.19 bits per heavy atom. The Kier molecular flexibility index (Phi) is 5.10. The van der Waals surface area contributed by atoms with Gasteiger partial charge in [0.2, 0.25) is 0 Å². The molecule has 2 aromatic carbocycles. The molecule has 1 unspecified atom stereocenters. The van der Waals surface area contributed by atoms with E-state index in [2.05, 4.69) is 83.0 Å². The molecule has 0 aromatic heterocycles. The van der Waals surface area contributed by atoms with Gasteiger partial charge in [0.25, 0.3) is 0 Å². The van der Waals surface area contributed by atoms with E-state index in [0.29, 0.717) is 6.42 Å². The van der Waals surface area contributed by atoms with Gasteiger partial charge in [0.15, 0.2) is 0 Å². The van der Waals surface area contributed by atoms with E-state index < -0.39 is 0 Å². The number of nitrogens with zero attached hydrogens (tertiary/aromatic N) is 1. The van der Waals surface area contributed by atoms with Crippen LogP contribution >= 0.6 is 0 Å². The first-order chi connectivity index (χ1) is 13.2. The Hall–Kier alpha value is -2.43. The van der Waals surface area contributed by atoms with Crippen LogP contribution in [0.4, 0.5) is 0 Å². The third-order valence-electron chi connectivity index (χ3n) is 5.62. The van der Waals surface area contributed by atoms with Crippen molar-refractivity contribution in [2.24, 2.45) is 0 Å². The van der Waals surface area contributed by atoms with Crippen LogP contribution in [0, 0.1) is 0 Å². The molecule has 27 heavy (non-hydrogen) atoms. The molecule has 4 nitrogen and oxygen atoms in total. The molecule has 0 bridgehead atoms. The molecule has 1 saturated heterocycles. The second-order valence-corrected chi connectivity index (χ2v) is 7.54. The third-order valence-corrected chi connectivity index (χ3v) is 5.62. The molecule has 0 aliphatic carbocycles. The van der Waals surface area contributed by atoms with E-state index in [0.717, 1.165) is 19.5 Å². The van der Waals surface area contributed by atoms with Crippen molar-refractivity contribution in [3.05, 3.63) is 83.9 Å². The van der Waals surface area contributed by atoms with Crippen LogP contribution in [-0.2, 0) is 9.53 Å². The van der Waals surface area contributed by atoms with Crippen molar-refractivity contribution in [2.45, 2.75) is 30.5 Å².